The second-order valence-electron chi connectivity index (χ2n) is 9.25. The molecule has 9 heteroatoms. The van der Waals surface area contributed by atoms with Gasteiger partial charge in [0, 0.05) is 35.6 Å². The summed E-state index contributed by atoms with van der Waals surface area (Å²) in [5.74, 6) is 0.849. The largest absolute Gasteiger partial charge is 0.329 e. The van der Waals surface area contributed by atoms with Crippen molar-refractivity contribution in [2.45, 2.75) is 58.5 Å². The monoisotopic (exact) mass is 471 g/mol. The van der Waals surface area contributed by atoms with Crippen molar-refractivity contribution in [2.75, 3.05) is 0 Å². The van der Waals surface area contributed by atoms with Gasteiger partial charge in [-0.05, 0) is 42.0 Å². The van der Waals surface area contributed by atoms with E-state index in [2.05, 4.69) is 39.5 Å². The highest BCUT2D eigenvalue weighted by molar-refractivity contribution is 5.85. The fourth-order valence-corrected chi connectivity index (χ4v) is 4.94. The summed E-state index contributed by atoms with van der Waals surface area (Å²) in [4.78, 5) is 30.6. The van der Waals surface area contributed by atoms with E-state index >= 15 is 0 Å². The van der Waals surface area contributed by atoms with Crippen LogP contribution < -0.4 is 5.69 Å². The van der Waals surface area contributed by atoms with E-state index in [1.54, 1.807) is 9.13 Å². The molecule has 0 bridgehead atoms. The minimum Gasteiger partial charge on any atom is -0.297 e. The molecule has 35 heavy (non-hydrogen) atoms. The summed E-state index contributed by atoms with van der Waals surface area (Å²) in [7, 11) is 0. The third-order valence-electron chi connectivity index (χ3n) is 6.86. The number of nitrogens with one attached hydrogen (secondary N) is 1. The number of carbonyl (C=O) groups excluding carboxylic acids is 1. The first-order chi connectivity index (χ1) is 17.1. The van der Waals surface area contributed by atoms with Crippen LogP contribution in [-0.2, 0) is 17.8 Å². The van der Waals surface area contributed by atoms with Gasteiger partial charge in [0.15, 0.2) is 5.78 Å². The van der Waals surface area contributed by atoms with Crippen LogP contribution in [0, 0.1) is 5.92 Å². The van der Waals surface area contributed by atoms with Gasteiger partial charge in [0.1, 0.15) is 0 Å². The smallest absolute Gasteiger partial charge is 0.297 e. The van der Waals surface area contributed by atoms with Gasteiger partial charge >= 0.3 is 5.69 Å². The molecule has 180 valence electrons. The number of hydrogen-bond acceptors (Lipinski definition) is 6. The summed E-state index contributed by atoms with van der Waals surface area (Å²) in [6.45, 7) is 4.55. The molecule has 1 aromatic carbocycles. The molecular formula is C26H29N7O2. The fraction of sp³-hybridized carbons (Fsp3) is 0.385. The maximum Gasteiger partial charge on any atom is 0.329 e. The molecule has 2 unspecified atom stereocenters. The van der Waals surface area contributed by atoms with Crippen molar-refractivity contribution in [2.24, 2.45) is 5.92 Å². The molecule has 2 atom stereocenters. The summed E-state index contributed by atoms with van der Waals surface area (Å²) in [6.07, 6.45) is 7.90. The van der Waals surface area contributed by atoms with Gasteiger partial charge in [0.05, 0.1) is 18.3 Å². The van der Waals surface area contributed by atoms with Gasteiger partial charge in [-0.1, -0.05) is 50.6 Å². The number of aromatic amines is 1. The summed E-state index contributed by atoms with van der Waals surface area (Å²) in [6, 6.07) is 11.4. The number of H-pyrrole nitrogens is 1. The lowest BCUT2D eigenvalue weighted by Crippen LogP contribution is -2.32. The van der Waals surface area contributed by atoms with Crippen LogP contribution in [0.5, 0.6) is 0 Å². The minimum absolute atomic E-state index is 0.128. The van der Waals surface area contributed by atoms with Gasteiger partial charge in [-0.25, -0.2) is 4.79 Å². The fourth-order valence-electron chi connectivity index (χ4n) is 4.94. The zero-order chi connectivity index (χ0) is 24.4. The first-order valence-corrected chi connectivity index (χ1v) is 12.2. The highest BCUT2D eigenvalue weighted by atomic mass is 16.2. The molecular weight excluding hydrogens is 442 g/mol. The number of aryl methyl sites for hydroxylation is 1. The van der Waals surface area contributed by atoms with E-state index in [-0.39, 0.29) is 23.4 Å². The predicted molar refractivity (Wildman–Crippen MR) is 132 cm³/mol. The Morgan fingerprint density at radius 2 is 1.94 bits per heavy atom. The molecule has 0 aliphatic heterocycles. The SMILES string of the molecule is CCCCc1cn(C2C(=O)CCC2C)c(=O)n1Cc1ccc(-c2ccccc2-c2nn[nH]n2)cn1. The van der Waals surface area contributed by atoms with Crippen LogP contribution in [0.4, 0.5) is 0 Å². The zero-order valence-corrected chi connectivity index (χ0v) is 20.0. The zero-order valence-electron chi connectivity index (χ0n) is 20.0. The molecule has 1 fully saturated rings. The molecule has 0 spiro atoms. The second kappa shape index (κ2) is 9.77. The molecule has 0 saturated heterocycles. The molecule has 1 N–H and O–H groups in total. The Morgan fingerprint density at radius 1 is 1.11 bits per heavy atom. The van der Waals surface area contributed by atoms with Crippen molar-refractivity contribution >= 4 is 5.78 Å². The van der Waals surface area contributed by atoms with Gasteiger partial charge in [0.25, 0.3) is 0 Å². The lowest BCUT2D eigenvalue weighted by molar-refractivity contribution is -0.120. The summed E-state index contributed by atoms with van der Waals surface area (Å²) in [5, 5.41) is 14.4. The average Bonchev–Trinajstić information content (AvgIpc) is 3.60. The van der Waals surface area contributed by atoms with E-state index < -0.39 is 0 Å². The van der Waals surface area contributed by atoms with Crippen LogP contribution >= 0.6 is 0 Å². The Balaban J connectivity index is 1.45. The van der Waals surface area contributed by atoms with E-state index in [0.29, 0.717) is 18.8 Å². The number of Topliss-reactive ketones (excluding diaryl/α,β-unsaturated/α-hetero) is 1. The maximum atomic E-state index is 13.4. The lowest BCUT2D eigenvalue weighted by Gasteiger charge is -2.14. The maximum absolute atomic E-state index is 13.4. The van der Waals surface area contributed by atoms with Crippen LogP contribution in [0.1, 0.15) is 57.0 Å². The number of carbonyl (C=O) groups is 1. The first-order valence-electron chi connectivity index (χ1n) is 12.2. The molecule has 3 aromatic heterocycles. The Bertz CT molecular complexity index is 1370. The van der Waals surface area contributed by atoms with Gasteiger partial charge in [-0.15, -0.1) is 10.2 Å². The molecule has 9 nitrogen and oxygen atoms in total. The number of ketones is 1. The Kier molecular flexibility index (Phi) is 6.39. The standard InChI is InChI=1S/C26H29N7O2/c1-3-4-7-20-16-33(24-17(2)10-13-23(24)34)26(35)32(20)15-19-12-11-18(14-27-19)21-8-5-6-9-22(21)25-28-30-31-29-25/h5-6,8-9,11-12,14,16-17,24H,3-4,7,10,13,15H2,1-2H3,(H,28,29,30,31). The molecule has 0 amide bonds. The quantitative estimate of drug-likeness (QED) is 0.418. The van der Waals surface area contributed by atoms with Crippen LogP contribution in [0.2, 0.25) is 0 Å². The summed E-state index contributed by atoms with van der Waals surface area (Å²) in [5.41, 5.74) is 4.35. The van der Waals surface area contributed by atoms with Crippen molar-refractivity contribution in [1.29, 1.82) is 0 Å². The molecule has 3 heterocycles. The van der Waals surface area contributed by atoms with Gasteiger partial charge in [0.2, 0.25) is 5.82 Å². The van der Waals surface area contributed by atoms with Crippen molar-refractivity contribution in [1.82, 2.24) is 34.7 Å². The molecule has 1 aliphatic rings. The number of benzene rings is 1. The summed E-state index contributed by atoms with van der Waals surface area (Å²) < 4.78 is 3.45. The third-order valence-corrected chi connectivity index (χ3v) is 6.86. The van der Waals surface area contributed by atoms with Crippen LogP contribution in [0.3, 0.4) is 0 Å². The van der Waals surface area contributed by atoms with Crippen molar-refractivity contribution < 1.29 is 4.79 Å². The van der Waals surface area contributed by atoms with E-state index in [1.165, 1.54) is 0 Å². The molecule has 4 aromatic rings. The number of hydrogen-bond donors (Lipinski definition) is 1. The van der Waals surface area contributed by atoms with Crippen LogP contribution in [0.25, 0.3) is 22.5 Å². The van der Waals surface area contributed by atoms with Gasteiger partial charge in [-0.3, -0.25) is 18.9 Å². The molecule has 1 saturated carbocycles. The number of pyridine rings is 1. The van der Waals surface area contributed by atoms with Crippen LogP contribution in [-0.4, -0.2) is 40.5 Å². The highest BCUT2D eigenvalue weighted by Gasteiger charge is 2.34. The van der Waals surface area contributed by atoms with Gasteiger partial charge < -0.3 is 0 Å². The summed E-state index contributed by atoms with van der Waals surface area (Å²) >= 11 is 0. The Labute approximate surface area is 203 Å². The van der Waals surface area contributed by atoms with Crippen molar-refractivity contribution in [3.63, 3.8) is 0 Å². The molecule has 5 rings (SSSR count). The highest BCUT2D eigenvalue weighted by Crippen LogP contribution is 2.32. The van der Waals surface area contributed by atoms with E-state index in [1.807, 2.05) is 48.8 Å². The van der Waals surface area contributed by atoms with E-state index in [0.717, 1.165) is 53.8 Å². The first kappa shape index (κ1) is 22.9. The van der Waals surface area contributed by atoms with Gasteiger partial charge in [-0.2, -0.15) is 5.21 Å². The number of aromatic nitrogens is 7. The van der Waals surface area contributed by atoms with E-state index in [4.69, 9.17) is 0 Å². The lowest BCUT2D eigenvalue weighted by atomic mass is 10.0. The number of unbranched alkanes of at least 4 members (excludes halogenated alkanes) is 1. The number of rotatable bonds is 8. The number of tetrazole rings is 1. The topological polar surface area (TPSA) is 111 Å². The third kappa shape index (κ3) is 4.45. The normalized spacial score (nSPS) is 17.8. The van der Waals surface area contributed by atoms with Crippen molar-refractivity contribution in [3.05, 3.63) is 70.7 Å². The number of nitrogens with zero attached hydrogens (tertiary/aromatic N) is 6. The number of imidazole rings is 1. The Hall–Kier alpha value is -3.88. The van der Waals surface area contributed by atoms with Crippen molar-refractivity contribution in [3.8, 4) is 22.5 Å². The Morgan fingerprint density at radius 3 is 2.60 bits per heavy atom. The molecule has 1 aliphatic carbocycles. The van der Waals surface area contributed by atoms with Crippen LogP contribution in [0.15, 0.2) is 53.6 Å². The second-order valence-corrected chi connectivity index (χ2v) is 9.25. The minimum atomic E-state index is -0.360. The average molecular weight is 472 g/mol. The molecule has 0 radical (unpaired) electrons. The van der Waals surface area contributed by atoms with E-state index in [9.17, 15) is 9.59 Å². The predicted octanol–water partition coefficient (Wildman–Crippen LogP) is 3.82.